The van der Waals surface area contributed by atoms with E-state index in [1.165, 1.54) is 31.7 Å². The van der Waals surface area contributed by atoms with Gasteiger partial charge < -0.3 is 10.4 Å². The second-order valence-corrected chi connectivity index (χ2v) is 7.12. The summed E-state index contributed by atoms with van der Waals surface area (Å²) in [5.74, 6) is -0.0322. The lowest BCUT2D eigenvalue weighted by Crippen LogP contribution is -2.43. The number of aliphatic hydroxyl groups excluding tert-OH is 1. The van der Waals surface area contributed by atoms with Crippen LogP contribution in [0.4, 0.5) is 5.69 Å². The van der Waals surface area contributed by atoms with E-state index >= 15 is 0 Å². The maximum atomic E-state index is 11.2. The summed E-state index contributed by atoms with van der Waals surface area (Å²) in [6.45, 7) is 6.06. The van der Waals surface area contributed by atoms with Crippen molar-refractivity contribution in [1.29, 1.82) is 0 Å². The van der Waals surface area contributed by atoms with E-state index < -0.39 is 0 Å². The minimum absolute atomic E-state index is 0.0322. The Balaban J connectivity index is 1.60. The first-order chi connectivity index (χ1) is 11.7. The number of hydrogen-bond donors (Lipinski definition) is 2. The molecule has 3 rings (SSSR count). The molecule has 0 bridgehead atoms. The molecule has 1 aromatic carbocycles. The molecule has 2 fully saturated rings. The third-order valence-electron chi connectivity index (χ3n) is 5.29. The molecule has 0 saturated carbocycles. The molecule has 0 aromatic heterocycles. The zero-order valence-electron chi connectivity index (χ0n) is 14.6. The third kappa shape index (κ3) is 4.35. The van der Waals surface area contributed by atoms with Crippen LogP contribution in [0.5, 0.6) is 0 Å². The fraction of sp³-hybridized carbons (Fsp3) is 0.632. The molecule has 2 heterocycles. The first-order valence-corrected chi connectivity index (χ1v) is 9.11. The molecule has 0 aliphatic carbocycles. The Bertz CT molecular complexity index is 563. The van der Waals surface area contributed by atoms with Gasteiger partial charge in [-0.2, -0.15) is 0 Å². The fourth-order valence-corrected chi connectivity index (χ4v) is 4.11. The number of hydrogen-bond acceptors (Lipinski definition) is 4. The van der Waals surface area contributed by atoms with Gasteiger partial charge in [0.05, 0.1) is 6.61 Å². The first kappa shape index (κ1) is 17.4. The zero-order chi connectivity index (χ0) is 16.9. The largest absolute Gasteiger partial charge is 0.395 e. The van der Waals surface area contributed by atoms with Crippen LogP contribution in [-0.4, -0.2) is 59.1 Å². The normalized spacial score (nSPS) is 25.2. The van der Waals surface area contributed by atoms with E-state index in [-0.39, 0.29) is 12.5 Å². The highest BCUT2D eigenvalue weighted by Gasteiger charge is 2.31. The number of anilines is 1. The minimum Gasteiger partial charge on any atom is -0.395 e. The zero-order valence-corrected chi connectivity index (χ0v) is 14.6. The van der Waals surface area contributed by atoms with Crippen molar-refractivity contribution in [1.82, 2.24) is 9.80 Å². The number of nitrogens with zero attached hydrogens (tertiary/aromatic N) is 2. The summed E-state index contributed by atoms with van der Waals surface area (Å²) < 4.78 is 0. The van der Waals surface area contributed by atoms with Gasteiger partial charge in [-0.3, -0.25) is 14.6 Å². The van der Waals surface area contributed by atoms with Crippen molar-refractivity contribution in [3.63, 3.8) is 0 Å². The van der Waals surface area contributed by atoms with Crippen LogP contribution in [0.2, 0.25) is 0 Å². The van der Waals surface area contributed by atoms with Gasteiger partial charge in [0.25, 0.3) is 0 Å². The summed E-state index contributed by atoms with van der Waals surface area (Å²) in [5, 5.41) is 12.4. The number of rotatable bonds is 6. The van der Waals surface area contributed by atoms with Crippen molar-refractivity contribution < 1.29 is 9.90 Å². The maximum absolute atomic E-state index is 11.2. The Morgan fingerprint density at radius 1 is 1.21 bits per heavy atom. The van der Waals surface area contributed by atoms with E-state index in [4.69, 9.17) is 0 Å². The highest BCUT2D eigenvalue weighted by atomic mass is 16.3. The summed E-state index contributed by atoms with van der Waals surface area (Å²) in [5.41, 5.74) is 2.11. The van der Waals surface area contributed by atoms with E-state index in [1.807, 2.05) is 12.1 Å². The van der Waals surface area contributed by atoms with Gasteiger partial charge in [-0.1, -0.05) is 12.1 Å². The predicted octanol–water partition coefficient (Wildman–Crippen LogP) is 2.07. The molecular formula is C19H29N3O2. The van der Waals surface area contributed by atoms with E-state index in [2.05, 4.69) is 27.2 Å². The van der Waals surface area contributed by atoms with Gasteiger partial charge in [0, 0.05) is 37.8 Å². The van der Waals surface area contributed by atoms with E-state index in [9.17, 15) is 9.90 Å². The van der Waals surface area contributed by atoms with Crippen LogP contribution in [-0.2, 0) is 11.3 Å². The Kier molecular flexibility index (Phi) is 5.87. The van der Waals surface area contributed by atoms with Crippen molar-refractivity contribution in [3.8, 4) is 0 Å². The third-order valence-corrected chi connectivity index (χ3v) is 5.29. The molecule has 2 atom stereocenters. The molecule has 24 heavy (non-hydrogen) atoms. The Hall–Kier alpha value is -1.43. The van der Waals surface area contributed by atoms with Crippen LogP contribution in [0.15, 0.2) is 24.3 Å². The average Bonchev–Trinajstić information content (AvgIpc) is 3.17. The Labute approximate surface area is 144 Å². The van der Waals surface area contributed by atoms with Gasteiger partial charge in [-0.15, -0.1) is 0 Å². The molecule has 2 aliphatic rings. The first-order valence-electron chi connectivity index (χ1n) is 9.11. The van der Waals surface area contributed by atoms with E-state index in [1.54, 1.807) is 0 Å². The van der Waals surface area contributed by atoms with Crippen molar-refractivity contribution >= 4 is 11.6 Å². The number of carbonyl (C=O) groups excluding carboxylic acids is 1. The Morgan fingerprint density at radius 3 is 2.71 bits per heavy atom. The van der Waals surface area contributed by atoms with Crippen molar-refractivity contribution in [2.75, 3.05) is 31.6 Å². The van der Waals surface area contributed by atoms with E-state index in [0.717, 1.165) is 38.3 Å². The topological polar surface area (TPSA) is 55.8 Å². The quantitative estimate of drug-likeness (QED) is 0.838. The molecule has 1 aromatic rings. The lowest BCUT2D eigenvalue weighted by molar-refractivity contribution is -0.114. The lowest BCUT2D eigenvalue weighted by Gasteiger charge is -2.31. The van der Waals surface area contributed by atoms with Gasteiger partial charge in [-0.25, -0.2) is 0 Å². The molecule has 2 saturated heterocycles. The standard InChI is InChI=1S/C19H29N3O2/c1-15(24)20-17-6-2-5-16(11-17)12-21-9-3-7-18(21)13-22-10-4-8-19(22)14-23/h2,5-6,11,18-19,23H,3-4,7-10,12-14H2,1H3,(H,20,24)/t18-,19+/m0/s1. The molecule has 0 unspecified atom stereocenters. The van der Waals surface area contributed by atoms with Crippen LogP contribution in [0.25, 0.3) is 0 Å². The van der Waals surface area contributed by atoms with Crippen molar-refractivity contribution in [2.24, 2.45) is 0 Å². The molecule has 132 valence electrons. The minimum atomic E-state index is -0.0322. The number of likely N-dealkylation sites (tertiary alicyclic amines) is 2. The van der Waals surface area contributed by atoms with Gasteiger partial charge >= 0.3 is 0 Å². The monoisotopic (exact) mass is 331 g/mol. The second-order valence-electron chi connectivity index (χ2n) is 7.12. The highest BCUT2D eigenvalue weighted by Crippen LogP contribution is 2.25. The molecule has 0 spiro atoms. The molecule has 5 nitrogen and oxygen atoms in total. The summed E-state index contributed by atoms with van der Waals surface area (Å²) in [6, 6.07) is 9.07. The van der Waals surface area contributed by atoms with Gasteiger partial charge in [0.1, 0.15) is 0 Å². The predicted molar refractivity (Wildman–Crippen MR) is 95.9 cm³/mol. The van der Waals surface area contributed by atoms with E-state index in [0.29, 0.717) is 12.1 Å². The maximum Gasteiger partial charge on any atom is 0.221 e. The SMILES string of the molecule is CC(=O)Nc1cccc(CN2CCC[C@H]2CN2CCC[C@@H]2CO)c1. The summed E-state index contributed by atoms with van der Waals surface area (Å²) >= 11 is 0. The van der Waals surface area contributed by atoms with Crippen LogP contribution >= 0.6 is 0 Å². The molecule has 0 radical (unpaired) electrons. The van der Waals surface area contributed by atoms with Gasteiger partial charge in [0.2, 0.25) is 5.91 Å². The van der Waals surface area contributed by atoms with Crippen molar-refractivity contribution in [2.45, 2.75) is 51.2 Å². The van der Waals surface area contributed by atoms with Crippen LogP contribution < -0.4 is 5.32 Å². The summed E-state index contributed by atoms with van der Waals surface area (Å²) in [4.78, 5) is 16.3. The molecular weight excluding hydrogens is 302 g/mol. The van der Waals surface area contributed by atoms with Crippen LogP contribution in [0.1, 0.15) is 38.2 Å². The smallest absolute Gasteiger partial charge is 0.221 e. The van der Waals surface area contributed by atoms with Crippen molar-refractivity contribution in [3.05, 3.63) is 29.8 Å². The number of benzene rings is 1. The Morgan fingerprint density at radius 2 is 1.96 bits per heavy atom. The number of aliphatic hydroxyl groups is 1. The lowest BCUT2D eigenvalue weighted by atomic mass is 10.1. The van der Waals surface area contributed by atoms with Gasteiger partial charge in [-0.05, 0) is 56.5 Å². The highest BCUT2D eigenvalue weighted by molar-refractivity contribution is 5.88. The number of amides is 1. The number of carbonyl (C=O) groups is 1. The molecule has 1 amide bonds. The molecule has 5 heteroatoms. The second kappa shape index (κ2) is 8.10. The van der Waals surface area contributed by atoms with Crippen LogP contribution in [0.3, 0.4) is 0 Å². The fourth-order valence-electron chi connectivity index (χ4n) is 4.11. The number of nitrogens with one attached hydrogen (secondary N) is 1. The summed E-state index contributed by atoms with van der Waals surface area (Å²) in [7, 11) is 0. The molecule has 2 aliphatic heterocycles. The average molecular weight is 331 g/mol. The summed E-state index contributed by atoms with van der Waals surface area (Å²) in [6.07, 6.45) is 4.81. The van der Waals surface area contributed by atoms with Gasteiger partial charge in [0.15, 0.2) is 0 Å². The molecule has 2 N–H and O–H groups in total. The van der Waals surface area contributed by atoms with Crippen LogP contribution in [0, 0.1) is 0 Å².